The maximum atomic E-state index is 13.7. The van der Waals surface area contributed by atoms with Crippen molar-refractivity contribution in [1.82, 2.24) is 10.2 Å². The summed E-state index contributed by atoms with van der Waals surface area (Å²) in [6.07, 6.45) is 0.693. The van der Waals surface area contributed by atoms with Crippen molar-refractivity contribution in [2.24, 2.45) is 0 Å². The van der Waals surface area contributed by atoms with Gasteiger partial charge in [-0.15, -0.1) is 10.2 Å². The molecule has 0 saturated carbocycles. The molecular formula is C27H19N3O4S. The van der Waals surface area contributed by atoms with Gasteiger partial charge in [0.1, 0.15) is 22.1 Å². The third kappa shape index (κ3) is 3.59. The van der Waals surface area contributed by atoms with E-state index in [1.165, 1.54) is 16.2 Å². The summed E-state index contributed by atoms with van der Waals surface area (Å²) in [5, 5.41) is 10.1. The monoisotopic (exact) mass is 481 g/mol. The molecule has 3 aromatic carbocycles. The molecule has 0 aliphatic carbocycles. The van der Waals surface area contributed by atoms with Gasteiger partial charge in [-0.1, -0.05) is 60.7 Å². The van der Waals surface area contributed by atoms with E-state index in [1.54, 1.807) is 24.3 Å². The molecule has 0 fully saturated rings. The number of para-hydroxylation sites is 2. The van der Waals surface area contributed by atoms with Crippen molar-refractivity contribution in [2.45, 2.75) is 19.4 Å². The molecule has 1 unspecified atom stereocenters. The number of amides is 1. The largest absolute Gasteiger partial charge is 0.457 e. The minimum atomic E-state index is -0.727. The molecule has 0 bridgehead atoms. The first-order valence-corrected chi connectivity index (χ1v) is 12.0. The number of hydrogen-bond acceptors (Lipinski definition) is 7. The van der Waals surface area contributed by atoms with Crippen LogP contribution in [0.1, 0.15) is 39.7 Å². The lowest BCUT2D eigenvalue weighted by atomic mass is 9.98. The van der Waals surface area contributed by atoms with Crippen LogP contribution in [-0.2, 0) is 6.42 Å². The number of anilines is 1. The van der Waals surface area contributed by atoms with Gasteiger partial charge in [0.05, 0.1) is 17.0 Å². The second-order valence-corrected chi connectivity index (χ2v) is 9.11. The van der Waals surface area contributed by atoms with Crippen LogP contribution in [0.25, 0.3) is 11.0 Å². The van der Waals surface area contributed by atoms with Gasteiger partial charge in [0, 0.05) is 0 Å². The fraction of sp³-hybridized carbons (Fsp3) is 0.111. The fourth-order valence-electron chi connectivity index (χ4n) is 4.29. The van der Waals surface area contributed by atoms with E-state index >= 15 is 0 Å². The highest BCUT2D eigenvalue weighted by atomic mass is 32.1. The first-order chi connectivity index (χ1) is 17.1. The number of hydrogen-bond donors (Lipinski definition) is 0. The van der Waals surface area contributed by atoms with Crippen LogP contribution in [0.4, 0.5) is 5.13 Å². The van der Waals surface area contributed by atoms with Crippen molar-refractivity contribution in [3.63, 3.8) is 0 Å². The highest BCUT2D eigenvalue weighted by Crippen LogP contribution is 2.43. The van der Waals surface area contributed by atoms with Gasteiger partial charge in [-0.05, 0) is 48.4 Å². The van der Waals surface area contributed by atoms with Crippen LogP contribution in [0.2, 0.25) is 0 Å². The molecule has 0 spiro atoms. The summed E-state index contributed by atoms with van der Waals surface area (Å²) in [5.74, 6) is 0.889. The standard InChI is InChI=1S/C27H19N3O4S/c1-2-21-28-29-27(35-21)30-23(16-9-8-12-18(15-16)33-17-10-4-3-5-11-17)22-24(31)19-13-6-7-14-20(19)34-25(22)26(30)32/h3-15,23H,2H2,1H3. The summed E-state index contributed by atoms with van der Waals surface area (Å²) in [7, 11) is 0. The molecule has 8 heteroatoms. The Labute approximate surface area is 204 Å². The van der Waals surface area contributed by atoms with Crippen molar-refractivity contribution in [1.29, 1.82) is 0 Å². The van der Waals surface area contributed by atoms with Crippen molar-refractivity contribution in [2.75, 3.05) is 4.90 Å². The Bertz CT molecular complexity index is 1630. The molecule has 6 rings (SSSR count). The van der Waals surface area contributed by atoms with Gasteiger partial charge in [-0.25, -0.2) is 0 Å². The van der Waals surface area contributed by atoms with Gasteiger partial charge in [0.15, 0.2) is 5.43 Å². The molecule has 3 heterocycles. The molecule has 1 amide bonds. The number of aryl methyl sites for hydroxylation is 1. The Hall–Kier alpha value is -4.30. The maximum absolute atomic E-state index is 13.7. The van der Waals surface area contributed by atoms with Crippen LogP contribution >= 0.6 is 11.3 Å². The fourth-order valence-corrected chi connectivity index (χ4v) is 5.10. The third-order valence-electron chi connectivity index (χ3n) is 5.90. The Balaban J connectivity index is 1.54. The van der Waals surface area contributed by atoms with E-state index < -0.39 is 11.9 Å². The van der Waals surface area contributed by atoms with Crippen molar-refractivity contribution in [3.8, 4) is 11.5 Å². The van der Waals surface area contributed by atoms with Gasteiger partial charge in [-0.2, -0.15) is 0 Å². The highest BCUT2D eigenvalue weighted by molar-refractivity contribution is 7.15. The molecule has 0 saturated heterocycles. The molecule has 1 atom stereocenters. The predicted molar refractivity (Wildman–Crippen MR) is 133 cm³/mol. The van der Waals surface area contributed by atoms with Gasteiger partial charge in [-0.3, -0.25) is 14.5 Å². The number of nitrogens with zero attached hydrogens (tertiary/aromatic N) is 3. The lowest BCUT2D eigenvalue weighted by molar-refractivity contribution is 0.0970. The zero-order valence-corrected chi connectivity index (χ0v) is 19.5. The summed E-state index contributed by atoms with van der Waals surface area (Å²) in [6.45, 7) is 1.98. The number of carbonyl (C=O) groups excluding carboxylic acids is 1. The van der Waals surface area contributed by atoms with E-state index in [4.69, 9.17) is 9.15 Å². The number of rotatable bonds is 5. The van der Waals surface area contributed by atoms with Gasteiger partial charge >= 0.3 is 0 Å². The van der Waals surface area contributed by atoms with E-state index in [-0.39, 0.29) is 11.2 Å². The second kappa shape index (κ2) is 8.48. The summed E-state index contributed by atoms with van der Waals surface area (Å²) < 4.78 is 12.0. The summed E-state index contributed by atoms with van der Waals surface area (Å²) in [6, 6.07) is 23.0. The van der Waals surface area contributed by atoms with Crippen molar-refractivity contribution in [3.05, 3.63) is 111 Å². The molecule has 0 N–H and O–H groups in total. The van der Waals surface area contributed by atoms with Crippen LogP contribution in [-0.4, -0.2) is 16.1 Å². The lowest BCUT2D eigenvalue weighted by Crippen LogP contribution is -2.29. The number of benzene rings is 3. The Morgan fingerprint density at radius 1 is 0.943 bits per heavy atom. The minimum Gasteiger partial charge on any atom is -0.457 e. The zero-order chi connectivity index (χ0) is 23.9. The molecule has 7 nitrogen and oxygen atoms in total. The smallest absolute Gasteiger partial charge is 0.297 e. The van der Waals surface area contributed by atoms with Crippen LogP contribution in [0.5, 0.6) is 11.5 Å². The van der Waals surface area contributed by atoms with Crippen LogP contribution in [0.3, 0.4) is 0 Å². The van der Waals surface area contributed by atoms with Crippen LogP contribution in [0.15, 0.2) is 88.1 Å². The van der Waals surface area contributed by atoms with Crippen molar-refractivity contribution < 1.29 is 13.9 Å². The van der Waals surface area contributed by atoms with E-state index in [2.05, 4.69) is 10.2 Å². The topological polar surface area (TPSA) is 85.5 Å². The molecule has 0 radical (unpaired) electrons. The number of ether oxygens (including phenoxy) is 1. The minimum absolute atomic E-state index is 0.0290. The average Bonchev–Trinajstić information content (AvgIpc) is 3.48. The number of aromatic nitrogens is 2. The van der Waals surface area contributed by atoms with E-state index in [0.717, 1.165) is 5.01 Å². The molecule has 1 aliphatic heterocycles. The number of carbonyl (C=O) groups is 1. The van der Waals surface area contributed by atoms with Gasteiger partial charge < -0.3 is 9.15 Å². The second-order valence-electron chi connectivity index (χ2n) is 8.07. The van der Waals surface area contributed by atoms with Gasteiger partial charge in [0.25, 0.3) is 5.91 Å². The summed E-state index contributed by atoms with van der Waals surface area (Å²) in [4.78, 5) is 28.8. The normalized spacial score (nSPS) is 14.9. The first kappa shape index (κ1) is 21.2. The quantitative estimate of drug-likeness (QED) is 0.318. The number of fused-ring (bicyclic) bond motifs is 2. The Kier molecular flexibility index (Phi) is 5.15. The maximum Gasteiger partial charge on any atom is 0.297 e. The predicted octanol–water partition coefficient (Wildman–Crippen LogP) is 5.75. The highest BCUT2D eigenvalue weighted by Gasteiger charge is 2.45. The Morgan fingerprint density at radius 3 is 2.51 bits per heavy atom. The third-order valence-corrected chi connectivity index (χ3v) is 6.96. The lowest BCUT2D eigenvalue weighted by Gasteiger charge is -2.22. The zero-order valence-electron chi connectivity index (χ0n) is 18.7. The van der Waals surface area contributed by atoms with E-state index in [1.807, 2.05) is 61.5 Å². The molecule has 2 aromatic heterocycles. The first-order valence-electron chi connectivity index (χ1n) is 11.2. The molecule has 1 aliphatic rings. The SMILES string of the molecule is CCc1nnc(N2C(=O)c3oc4ccccc4c(=O)c3C2c2cccc(Oc3ccccc3)c2)s1. The molecule has 35 heavy (non-hydrogen) atoms. The summed E-state index contributed by atoms with van der Waals surface area (Å²) >= 11 is 1.33. The van der Waals surface area contributed by atoms with Crippen LogP contribution in [0, 0.1) is 0 Å². The van der Waals surface area contributed by atoms with E-state index in [9.17, 15) is 9.59 Å². The summed E-state index contributed by atoms with van der Waals surface area (Å²) in [5.41, 5.74) is 1.13. The van der Waals surface area contributed by atoms with E-state index in [0.29, 0.717) is 45.1 Å². The average molecular weight is 482 g/mol. The van der Waals surface area contributed by atoms with Gasteiger partial charge in [0.2, 0.25) is 10.9 Å². The molecule has 5 aromatic rings. The molecular weight excluding hydrogens is 462 g/mol. The van der Waals surface area contributed by atoms with Crippen LogP contribution < -0.4 is 15.1 Å². The molecule has 172 valence electrons. The Morgan fingerprint density at radius 2 is 1.71 bits per heavy atom. The van der Waals surface area contributed by atoms with Crippen molar-refractivity contribution >= 4 is 33.3 Å².